The van der Waals surface area contributed by atoms with Crippen molar-refractivity contribution in [3.05, 3.63) is 23.9 Å². The van der Waals surface area contributed by atoms with E-state index in [1.807, 2.05) is 17.0 Å². The molecule has 0 aromatic carbocycles. The van der Waals surface area contributed by atoms with Crippen molar-refractivity contribution in [1.82, 2.24) is 15.2 Å². The van der Waals surface area contributed by atoms with Crippen molar-refractivity contribution in [3.63, 3.8) is 0 Å². The first-order chi connectivity index (χ1) is 9.35. The van der Waals surface area contributed by atoms with Gasteiger partial charge in [0.15, 0.2) is 0 Å². The maximum atomic E-state index is 12.5. The third kappa shape index (κ3) is 5.49. The van der Waals surface area contributed by atoms with Gasteiger partial charge in [-0.05, 0) is 19.1 Å². The number of amides is 1. The van der Waals surface area contributed by atoms with Gasteiger partial charge in [0.2, 0.25) is 0 Å². The number of hydrogen-bond donors (Lipinski definition) is 1. The van der Waals surface area contributed by atoms with Gasteiger partial charge in [0.05, 0.1) is 5.03 Å². The van der Waals surface area contributed by atoms with Gasteiger partial charge >= 0.3 is 0 Å². The zero-order chi connectivity index (χ0) is 14.8. The van der Waals surface area contributed by atoms with E-state index in [0.717, 1.165) is 30.2 Å². The number of carbonyl (C=O) groups is 1. The van der Waals surface area contributed by atoms with Gasteiger partial charge in [0, 0.05) is 42.2 Å². The van der Waals surface area contributed by atoms with Crippen LogP contribution in [0.1, 0.15) is 38.1 Å². The van der Waals surface area contributed by atoms with Crippen LogP contribution in [0.2, 0.25) is 0 Å². The molecule has 0 bridgehead atoms. The highest BCUT2D eigenvalue weighted by molar-refractivity contribution is 8.00. The molecule has 1 fully saturated rings. The second-order valence-corrected chi connectivity index (χ2v) is 8.05. The summed E-state index contributed by atoms with van der Waals surface area (Å²) in [6.45, 7) is 10.9. The van der Waals surface area contributed by atoms with Gasteiger partial charge in [0.1, 0.15) is 0 Å². The number of nitrogens with one attached hydrogen (secondary N) is 1. The summed E-state index contributed by atoms with van der Waals surface area (Å²) < 4.78 is 0.0955. The third-order valence-electron chi connectivity index (χ3n) is 3.05. The van der Waals surface area contributed by atoms with Crippen LogP contribution in [-0.4, -0.2) is 46.2 Å². The maximum absolute atomic E-state index is 12.5. The van der Waals surface area contributed by atoms with Gasteiger partial charge < -0.3 is 10.2 Å². The summed E-state index contributed by atoms with van der Waals surface area (Å²) in [4.78, 5) is 18.8. The van der Waals surface area contributed by atoms with Crippen molar-refractivity contribution in [2.45, 2.75) is 43.5 Å². The molecule has 21 heavy (non-hydrogen) atoms. The highest BCUT2D eigenvalue weighted by atomic mass is 35.5. The molecule has 0 unspecified atom stereocenters. The summed E-state index contributed by atoms with van der Waals surface area (Å²) in [6.07, 6.45) is 1.73. The zero-order valence-corrected chi connectivity index (χ0v) is 14.7. The smallest absolute Gasteiger partial charge is 0.254 e. The number of halogens is 1. The number of pyridine rings is 1. The molecule has 1 aromatic heterocycles. The van der Waals surface area contributed by atoms with E-state index < -0.39 is 0 Å². The Morgan fingerprint density at radius 1 is 1.48 bits per heavy atom. The Labute approximate surface area is 137 Å². The zero-order valence-electron chi connectivity index (χ0n) is 13.0. The molecule has 1 saturated heterocycles. The molecule has 118 valence electrons. The van der Waals surface area contributed by atoms with E-state index >= 15 is 0 Å². The van der Waals surface area contributed by atoms with E-state index in [-0.39, 0.29) is 23.1 Å². The molecule has 6 heteroatoms. The van der Waals surface area contributed by atoms with Crippen LogP contribution in [0.15, 0.2) is 23.4 Å². The van der Waals surface area contributed by atoms with Gasteiger partial charge in [-0.25, -0.2) is 4.98 Å². The van der Waals surface area contributed by atoms with Crippen LogP contribution in [0.5, 0.6) is 0 Å². The van der Waals surface area contributed by atoms with Crippen LogP contribution in [0.4, 0.5) is 0 Å². The molecule has 4 nitrogen and oxygen atoms in total. The minimum atomic E-state index is 0. The first kappa shape index (κ1) is 18.3. The third-order valence-corrected chi connectivity index (χ3v) is 4.09. The number of rotatable bonds is 2. The second kappa shape index (κ2) is 7.47. The molecule has 1 amide bonds. The lowest BCUT2D eigenvalue weighted by Crippen LogP contribution is -2.51. The average molecular weight is 330 g/mol. The minimum Gasteiger partial charge on any atom is -0.336 e. The molecule has 0 radical (unpaired) electrons. The fourth-order valence-corrected chi connectivity index (χ4v) is 3.14. The lowest BCUT2D eigenvalue weighted by molar-refractivity contribution is 0.0708. The summed E-state index contributed by atoms with van der Waals surface area (Å²) in [7, 11) is 0. The van der Waals surface area contributed by atoms with Crippen molar-refractivity contribution >= 4 is 30.1 Å². The second-order valence-electron chi connectivity index (χ2n) is 6.20. The first-order valence-corrected chi connectivity index (χ1v) is 7.84. The van der Waals surface area contributed by atoms with E-state index in [1.54, 1.807) is 18.0 Å². The number of nitrogens with zero attached hydrogens (tertiary/aromatic N) is 2. The summed E-state index contributed by atoms with van der Waals surface area (Å²) in [6, 6.07) is 4.07. The van der Waals surface area contributed by atoms with E-state index in [0.29, 0.717) is 6.04 Å². The quantitative estimate of drug-likeness (QED) is 0.847. The Morgan fingerprint density at radius 3 is 2.81 bits per heavy atom. The molecular weight excluding hydrogens is 306 g/mol. The lowest BCUT2D eigenvalue weighted by Gasteiger charge is -2.32. The van der Waals surface area contributed by atoms with Gasteiger partial charge in [-0.15, -0.1) is 24.2 Å². The Balaban J connectivity index is 0.00000220. The minimum absolute atomic E-state index is 0. The predicted octanol–water partition coefficient (Wildman–Crippen LogP) is 2.83. The lowest BCUT2D eigenvalue weighted by atomic mass is 10.2. The Kier molecular flexibility index (Phi) is 6.50. The molecule has 1 atom stereocenters. The normalized spacial score (nSPS) is 19.0. The summed E-state index contributed by atoms with van der Waals surface area (Å²) in [5.74, 6) is 0.108. The van der Waals surface area contributed by atoms with E-state index in [2.05, 4.69) is 38.0 Å². The van der Waals surface area contributed by atoms with Crippen LogP contribution in [-0.2, 0) is 0 Å². The Hall–Kier alpha value is -0.780. The highest BCUT2D eigenvalue weighted by Gasteiger charge is 2.22. The molecule has 1 N–H and O–H groups in total. The molecule has 0 aliphatic carbocycles. The summed E-state index contributed by atoms with van der Waals surface area (Å²) in [5.41, 5.74) is 0.737. The van der Waals surface area contributed by atoms with E-state index in [9.17, 15) is 4.79 Å². The largest absolute Gasteiger partial charge is 0.336 e. The molecule has 0 spiro atoms. The van der Waals surface area contributed by atoms with Crippen molar-refractivity contribution in [2.24, 2.45) is 0 Å². The summed E-state index contributed by atoms with van der Waals surface area (Å²) in [5, 5.41) is 4.26. The highest BCUT2D eigenvalue weighted by Crippen LogP contribution is 2.30. The van der Waals surface area contributed by atoms with E-state index in [1.165, 1.54) is 0 Å². The molecular formula is C15H24ClN3OS. The van der Waals surface area contributed by atoms with Crippen LogP contribution in [0.3, 0.4) is 0 Å². The Morgan fingerprint density at radius 2 is 2.19 bits per heavy atom. The van der Waals surface area contributed by atoms with Gasteiger partial charge in [-0.1, -0.05) is 20.8 Å². The fourth-order valence-electron chi connectivity index (χ4n) is 2.21. The standard InChI is InChI=1S/C15H23N3OS.ClH/c1-11-10-18(8-7-16-11)14(19)12-5-6-17-13(9-12)20-15(2,3)4;/h5-6,9,11,16H,7-8,10H2,1-4H3;1H/t11-;/m1./s1. The SMILES string of the molecule is C[C@@H]1CN(C(=O)c2ccnc(SC(C)(C)C)c2)CCN1.Cl. The van der Waals surface area contributed by atoms with Crippen molar-refractivity contribution in [2.75, 3.05) is 19.6 Å². The molecule has 2 heterocycles. The molecule has 2 rings (SSSR count). The van der Waals surface area contributed by atoms with Gasteiger partial charge in [0.25, 0.3) is 5.91 Å². The molecule has 1 aliphatic heterocycles. The van der Waals surface area contributed by atoms with Gasteiger partial charge in [-0.3, -0.25) is 4.79 Å². The van der Waals surface area contributed by atoms with Gasteiger partial charge in [-0.2, -0.15) is 0 Å². The fraction of sp³-hybridized carbons (Fsp3) is 0.600. The van der Waals surface area contributed by atoms with Crippen molar-refractivity contribution in [3.8, 4) is 0 Å². The average Bonchev–Trinajstić information content (AvgIpc) is 2.36. The van der Waals surface area contributed by atoms with Crippen molar-refractivity contribution < 1.29 is 4.79 Å². The molecule has 1 aliphatic rings. The topological polar surface area (TPSA) is 45.2 Å². The van der Waals surface area contributed by atoms with Crippen molar-refractivity contribution in [1.29, 1.82) is 0 Å². The van der Waals surface area contributed by atoms with E-state index in [4.69, 9.17) is 0 Å². The predicted molar refractivity (Wildman–Crippen MR) is 90.5 cm³/mol. The molecule has 1 aromatic rings. The van der Waals surface area contributed by atoms with Crippen LogP contribution < -0.4 is 5.32 Å². The van der Waals surface area contributed by atoms with Crippen LogP contribution in [0.25, 0.3) is 0 Å². The van der Waals surface area contributed by atoms with Crippen LogP contribution in [0, 0.1) is 0 Å². The Bertz CT molecular complexity index is 490. The number of hydrogen-bond acceptors (Lipinski definition) is 4. The summed E-state index contributed by atoms with van der Waals surface area (Å²) >= 11 is 1.69. The maximum Gasteiger partial charge on any atom is 0.254 e. The van der Waals surface area contributed by atoms with Crippen LogP contribution >= 0.6 is 24.2 Å². The monoisotopic (exact) mass is 329 g/mol. The number of aromatic nitrogens is 1. The first-order valence-electron chi connectivity index (χ1n) is 7.03. The number of carbonyl (C=O) groups excluding carboxylic acids is 1. The number of piperazine rings is 1. The number of thioether (sulfide) groups is 1. The molecule has 0 saturated carbocycles.